The lowest BCUT2D eigenvalue weighted by Crippen LogP contribution is -2.13. The van der Waals surface area contributed by atoms with Gasteiger partial charge in [-0.05, 0) is 38.0 Å². The summed E-state index contributed by atoms with van der Waals surface area (Å²) in [5, 5.41) is 6.97. The molecule has 0 saturated heterocycles. The quantitative estimate of drug-likeness (QED) is 0.776. The van der Waals surface area contributed by atoms with Crippen molar-refractivity contribution < 1.29 is 9.32 Å². The van der Waals surface area contributed by atoms with Crippen molar-refractivity contribution in [3.63, 3.8) is 0 Å². The van der Waals surface area contributed by atoms with Crippen molar-refractivity contribution in [3.8, 4) is 10.7 Å². The predicted octanol–water partition coefficient (Wildman–Crippen LogP) is 4.02. The molecule has 0 unspecified atom stereocenters. The zero-order chi connectivity index (χ0) is 16.5. The molecule has 0 aliphatic heterocycles. The van der Waals surface area contributed by atoms with Gasteiger partial charge in [-0.1, -0.05) is 17.6 Å². The fourth-order valence-electron chi connectivity index (χ4n) is 2.56. The zero-order valence-electron chi connectivity index (χ0n) is 13.2. The highest BCUT2D eigenvalue weighted by molar-refractivity contribution is 7.16. The second-order valence-electron chi connectivity index (χ2n) is 5.83. The summed E-state index contributed by atoms with van der Waals surface area (Å²) < 4.78 is 5.37. The lowest BCUT2D eigenvalue weighted by atomic mass is 9.85. The van der Waals surface area contributed by atoms with E-state index in [9.17, 15) is 4.79 Å². The van der Waals surface area contributed by atoms with E-state index in [2.05, 4.69) is 20.4 Å². The summed E-state index contributed by atoms with van der Waals surface area (Å²) in [5.74, 6) is 1.49. The van der Waals surface area contributed by atoms with Gasteiger partial charge in [-0.25, -0.2) is 0 Å². The number of aromatic nitrogens is 3. The molecular weight excluding hydrogens is 324 g/mol. The minimum atomic E-state index is -0.230. The van der Waals surface area contributed by atoms with Crippen molar-refractivity contribution in [2.45, 2.75) is 32.1 Å². The third-order valence-electron chi connectivity index (χ3n) is 4.18. The molecule has 1 amide bonds. The van der Waals surface area contributed by atoms with Gasteiger partial charge in [0.25, 0.3) is 5.91 Å². The molecule has 1 aliphatic carbocycles. The van der Waals surface area contributed by atoms with Crippen LogP contribution in [0.3, 0.4) is 0 Å². The number of pyridine rings is 1. The maximum Gasteiger partial charge on any atom is 0.274 e. The van der Waals surface area contributed by atoms with Crippen molar-refractivity contribution in [3.05, 3.63) is 46.9 Å². The van der Waals surface area contributed by atoms with Crippen LogP contribution in [0.5, 0.6) is 0 Å². The fourth-order valence-corrected chi connectivity index (χ4v) is 3.46. The Labute approximate surface area is 142 Å². The average molecular weight is 340 g/mol. The smallest absolute Gasteiger partial charge is 0.274 e. The number of thiophene rings is 1. The van der Waals surface area contributed by atoms with Crippen molar-refractivity contribution in [2.75, 3.05) is 5.32 Å². The molecule has 4 rings (SSSR count). The van der Waals surface area contributed by atoms with Crippen molar-refractivity contribution in [1.29, 1.82) is 0 Å². The molecule has 0 aromatic carbocycles. The maximum absolute atomic E-state index is 12.2. The molecule has 3 aromatic rings. The van der Waals surface area contributed by atoms with Gasteiger partial charge < -0.3 is 9.84 Å². The first-order valence-electron chi connectivity index (χ1n) is 7.87. The number of rotatable bonds is 4. The Morgan fingerprint density at radius 3 is 2.96 bits per heavy atom. The van der Waals surface area contributed by atoms with E-state index in [0.717, 1.165) is 34.2 Å². The highest BCUT2D eigenvalue weighted by Gasteiger charge is 2.26. The van der Waals surface area contributed by atoms with Gasteiger partial charge in [0.15, 0.2) is 0 Å². The number of carbonyl (C=O) groups is 1. The summed E-state index contributed by atoms with van der Waals surface area (Å²) in [6.07, 6.45) is 5.07. The Kier molecular flexibility index (Phi) is 3.86. The molecule has 24 heavy (non-hydrogen) atoms. The van der Waals surface area contributed by atoms with Gasteiger partial charge in [-0.3, -0.25) is 9.78 Å². The number of anilines is 1. The van der Waals surface area contributed by atoms with Crippen molar-refractivity contribution >= 4 is 22.9 Å². The standard InChI is InChI=1S/C17H16N4O2S/c1-10-13(19-16(22)12-7-2-3-8-18-12)9-14(24-10)15-20-17(23-21-15)11-5-4-6-11/h2-3,7-9,11H,4-6H2,1H3,(H,19,22). The minimum Gasteiger partial charge on any atom is -0.339 e. The molecular formula is C17H16N4O2S. The second kappa shape index (κ2) is 6.16. The third kappa shape index (κ3) is 2.82. The van der Waals surface area contributed by atoms with Crippen LogP contribution in [0, 0.1) is 6.92 Å². The van der Waals surface area contributed by atoms with Crippen LogP contribution in [0.4, 0.5) is 5.69 Å². The monoisotopic (exact) mass is 340 g/mol. The number of aryl methyl sites for hydroxylation is 1. The van der Waals surface area contributed by atoms with Crippen LogP contribution < -0.4 is 5.32 Å². The van der Waals surface area contributed by atoms with E-state index in [4.69, 9.17) is 4.52 Å². The topological polar surface area (TPSA) is 80.9 Å². The van der Waals surface area contributed by atoms with Crippen LogP contribution in [0.2, 0.25) is 0 Å². The Morgan fingerprint density at radius 1 is 1.38 bits per heavy atom. The summed E-state index contributed by atoms with van der Waals surface area (Å²) in [5.41, 5.74) is 1.14. The van der Waals surface area contributed by atoms with Crippen LogP contribution in [0.15, 0.2) is 35.0 Å². The normalized spacial score (nSPS) is 14.4. The molecule has 1 aliphatic rings. The number of hydrogen-bond donors (Lipinski definition) is 1. The molecule has 1 N–H and O–H groups in total. The first-order valence-corrected chi connectivity index (χ1v) is 8.69. The van der Waals surface area contributed by atoms with E-state index in [-0.39, 0.29) is 5.91 Å². The van der Waals surface area contributed by atoms with Gasteiger partial charge in [0.1, 0.15) is 5.69 Å². The summed E-state index contributed by atoms with van der Waals surface area (Å²) in [6.45, 7) is 1.95. The summed E-state index contributed by atoms with van der Waals surface area (Å²) in [4.78, 5) is 22.7. The predicted molar refractivity (Wildman–Crippen MR) is 91.1 cm³/mol. The van der Waals surface area contributed by atoms with E-state index in [1.54, 1.807) is 24.4 Å². The van der Waals surface area contributed by atoms with Gasteiger partial charge in [-0.15, -0.1) is 11.3 Å². The Bertz CT molecular complexity index is 868. The van der Waals surface area contributed by atoms with Gasteiger partial charge in [0.2, 0.25) is 11.7 Å². The molecule has 0 atom stereocenters. The number of carbonyl (C=O) groups excluding carboxylic acids is 1. The molecule has 1 saturated carbocycles. The Morgan fingerprint density at radius 2 is 2.25 bits per heavy atom. The lowest BCUT2D eigenvalue weighted by Gasteiger charge is -2.20. The van der Waals surface area contributed by atoms with Crippen molar-refractivity contribution in [1.82, 2.24) is 15.1 Å². The first-order chi connectivity index (χ1) is 11.7. The summed E-state index contributed by atoms with van der Waals surface area (Å²) in [6, 6.07) is 7.13. The van der Waals surface area contributed by atoms with Gasteiger partial charge in [0.05, 0.1) is 10.6 Å². The van der Waals surface area contributed by atoms with Gasteiger partial charge in [-0.2, -0.15) is 4.98 Å². The summed E-state index contributed by atoms with van der Waals surface area (Å²) in [7, 11) is 0. The fraction of sp³-hybridized carbons (Fsp3) is 0.294. The van der Waals surface area contributed by atoms with E-state index < -0.39 is 0 Å². The highest BCUT2D eigenvalue weighted by atomic mass is 32.1. The van der Waals surface area contributed by atoms with Crippen LogP contribution in [-0.2, 0) is 0 Å². The minimum absolute atomic E-state index is 0.230. The largest absolute Gasteiger partial charge is 0.339 e. The molecule has 0 spiro atoms. The first kappa shape index (κ1) is 15.0. The molecule has 0 bridgehead atoms. The number of amides is 1. The second-order valence-corrected chi connectivity index (χ2v) is 7.09. The summed E-state index contributed by atoms with van der Waals surface area (Å²) >= 11 is 1.54. The van der Waals surface area contributed by atoms with Gasteiger partial charge >= 0.3 is 0 Å². The Balaban J connectivity index is 1.54. The van der Waals surface area contributed by atoms with Crippen LogP contribution >= 0.6 is 11.3 Å². The van der Waals surface area contributed by atoms with Crippen LogP contribution in [0.25, 0.3) is 10.7 Å². The molecule has 3 aromatic heterocycles. The van der Waals surface area contributed by atoms with Crippen LogP contribution in [0.1, 0.15) is 46.4 Å². The zero-order valence-corrected chi connectivity index (χ0v) is 14.0. The molecule has 7 heteroatoms. The molecule has 3 heterocycles. The Hall–Kier alpha value is -2.54. The van der Waals surface area contributed by atoms with Crippen LogP contribution in [-0.4, -0.2) is 21.0 Å². The van der Waals surface area contributed by atoms with E-state index in [0.29, 0.717) is 17.4 Å². The lowest BCUT2D eigenvalue weighted by molar-refractivity contribution is 0.102. The molecule has 1 fully saturated rings. The molecule has 0 radical (unpaired) electrons. The number of nitrogens with one attached hydrogen (secondary N) is 1. The molecule has 6 nitrogen and oxygen atoms in total. The van der Waals surface area contributed by atoms with E-state index in [1.807, 2.05) is 13.0 Å². The number of nitrogens with zero attached hydrogens (tertiary/aromatic N) is 3. The molecule has 122 valence electrons. The van der Waals surface area contributed by atoms with Gasteiger partial charge in [0, 0.05) is 17.0 Å². The highest BCUT2D eigenvalue weighted by Crippen LogP contribution is 2.38. The third-order valence-corrected chi connectivity index (χ3v) is 5.23. The number of hydrogen-bond acceptors (Lipinski definition) is 6. The van der Waals surface area contributed by atoms with Crippen molar-refractivity contribution in [2.24, 2.45) is 0 Å². The average Bonchev–Trinajstić information content (AvgIpc) is 3.14. The SMILES string of the molecule is Cc1sc(-c2noc(C3CCC3)n2)cc1NC(=O)c1ccccn1. The van der Waals surface area contributed by atoms with E-state index in [1.165, 1.54) is 17.8 Å². The van der Waals surface area contributed by atoms with E-state index >= 15 is 0 Å². The maximum atomic E-state index is 12.2.